The van der Waals surface area contributed by atoms with Crippen molar-refractivity contribution in [3.63, 3.8) is 0 Å². The van der Waals surface area contributed by atoms with E-state index in [0.29, 0.717) is 16.9 Å². The maximum absolute atomic E-state index is 13.4. The van der Waals surface area contributed by atoms with Gasteiger partial charge < -0.3 is 4.57 Å². The lowest BCUT2D eigenvalue weighted by Gasteiger charge is -2.24. The van der Waals surface area contributed by atoms with Gasteiger partial charge in [0.2, 0.25) is 0 Å². The molecule has 1 aliphatic carbocycles. The summed E-state index contributed by atoms with van der Waals surface area (Å²) < 4.78 is 3.94. The van der Waals surface area contributed by atoms with E-state index < -0.39 is 0 Å². The molecule has 0 saturated heterocycles. The molecule has 1 aromatic carbocycles. The Labute approximate surface area is 163 Å². The zero-order valence-electron chi connectivity index (χ0n) is 16.4. The zero-order valence-corrected chi connectivity index (χ0v) is 16.4. The Balaban J connectivity index is 1.91. The van der Waals surface area contributed by atoms with Crippen molar-refractivity contribution in [1.29, 1.82) is 0 Å². The van der Waals surface area contributed by atoms with Crippen molar-refractivity contribution < 1.29 is 0 Å². The van der Waals surface area contributed by atoms with Crippen LogP contribution in [0.3, 0.4) is 0 Å². The van der Waals surface area contributed by atoms with E-state index in [0.717, 1.165) is 41.6 Å². The van der Waals surface area contributed by atoms with E-state index in [2.05, 4.69) is 18.4 Å². The van der Waals surface area contributed by atoms with Crippen LogP contribution in [0.4, 0.5) is 0 Å². The SMILES string of the molecule is CCC(C)n1cnc2c(c1=O)c1nc3ccccc3nc1n2C1CCCCC1. The highest BCUT2D eigenvalue weighted by Gasteiger charge is 2.26. The van der Waals surface area contributed by atoms with Gasteiger partial charge >= 0.3 is 0 Å². The molecule has 1 fully saturated rings. The Morgan fingerprint density at radius 2 is 1.79 bits per heavy atom. The first-order valence-corrected chi connectivity index (χ1v) is 10.4. The van der Waals surface area contributed by atoms with Gasteiger partial charge in [-0.2, -0.15) is 0 Å². The summed E-state index contributed by atoms with van der Waals surface area (Å²) in [4.78, 5) is 28.0. The van der Waals surface area contributed by atoms with Crippen LogP contribution in [0, 0.1) is 0 Å². The first-order chi connectivity index (χ1) is 13.7. The second-order valence-corrected chi connectivity index (χ2v) is 7.96. The molecule has 0 radical (unpaired) electrons. The number of nitrogens with zero attached hydrogens (tertiary/aromatic N) is 5. The first-order valence-electron chi connectivity index (χ1n) is 10.4. The number of benzene rings is 1. The average molecular weight is 375 g/mol. The summed E-state index contributed by atoms with van der Waals surface area (Å²) in [5.41, 5.74) is 3.89. The van der Waals surface area contributed by atoms with Crippen molar-refractivity contribution >= 4 is 33.2 Å². The molecule has 0 bridgehead atoms. The maximum atomic E-state index is 13.4. The third kappa shape index (κ3) is 2.54. The van der Waals surface area contributed by atoms with E-state index in [1.165, 1.54) is 19.3 Å². The lowest BCUT2D eigenvalue weighted by Crippen LogP contribution is -2.24. The molecule has 5 rings (SSSR count). The Morgan fingerprint density at radius 1 is 1.07 bits per heavy atom. The summed E-state index contributed by atoms with van der Waals surface area (Å²) in [5.74, 6) is 0. The van der Waals surface area contributed by atoms with Crippen molar-refractivity contribution in [2.24, 2.45) is 0 Å². The van der Waals surface area contributed by atoms with Gasteiger partial charge in [0.25, 0.3) is 5.56 Å². The van der Waals surface area contributed by atoms with Gasteiger partial charge in [-0.25, -0.2) is 15.0 Å². The lowest BCUT2D eigenvalue weighted by atomic mass is 9.95. The summed E-state index contributed by atoms with van der Waals surface area (Å²) in [6.45, 7) is 4.14. The van der Waals surface area contributed by atoms with Crippen molar-refractivity contribution in [2.45, 2.75) is 64.5 Å². The van der Waals surface area contributed by atoms with E-state index in [9.17, 15) is 4.79 Å². The molecule has 3 heterocycles. The van der Waals surface area contributed by atoms with Crippen LogP contribution in [0.15, 0.2) is 35.4 Å². The topological polar surface area (TPSA) is 65.6 Å². The summed E-state index contributed by atoms with van der Waals surface area (Å²) in [6.07, 6.45) is 8.47. The van der Waals surface area contributed by atoms with Gasteiger partial charge in [-0.3, -0.25) is 9.36 Å². The van der Waals surface area contributed by atoms with Crippen LogP contribution in [0.2, 0.25) is 0 Å². The lowest BCUT2D eigenvalue weighted by molar-refractivity contribution is 0.365. The molecule has 28 heavy (non-hydrogen) atoms. The second kappa shape index (κ2) is 6.69. The standard InChI is InChI=1S/C22H25N5O/c1-3-14(2)26-13-23-20-18(22(26)28)19-21(27(20)15-9-5-4-6-10-15)25-17-12-8-7-11-16(17)24-19/h7-8,11-15H,3-6,9-10H2,1-2H3. The van der Waals surface area contributed by atoms with Crippen LogP contribution in [0.25, 0.3) is 33.2 Å². The highest BCUT2D eigenvalue weighted by molar-refractivity contribution is 6.04. The molecule has 1 aliphatic rings. The predicted molar refractivity (Wildman–Crippen MR) is 112 cm³/mol. The van der Waals surface area contributed by atoms with Gasteiger partial charge in [0.1, 0.15) is 17.2 Å². The molecule has 6 nitrogen and oxygen atoms in total. The van der Waals surface area contributed by atoms with Crippen LogP contribution in [-0.2, 0) is 0 Å². The highest BCUT2D eigenvalue weighted by Crippen LogP contribution is 2.35. The quantitative estimate of drug-likeness (QED) is 0.517. The molecule has 1 atom stereocenters. The van der Waals surface area contributed by atoms with Crippen LogP contribution >= 0.6 is 0 Å². The molecule has 4 aromatic rings. The zero-order chi connectivity index (χ0) is 19.3. The molecule has 6 heteroatoms. The van der Waals surface area contributed by atoms with Crippen LogP contribution in [0.1, 0.15) is 64.5 Å². The van der Waals surface area contributed by atoms with E-state index in [-0.39, 0.29) is 11.6 Å². The summed E-state index contributed by atoms with van der Waals surface area (Å²) in [5, 5.41) is 0.613. The monoisotopic (exact) mass is 375 g/mol. The summed E-state index contributed by atoms with van der Waals surface area (Å²) in [7, 11) is 0. The number of hydrogen-bond acceptors (Lipinski definition) is 4. The molecule has 0 amide bonds. The van der Waals surface area contributed by atoms with Crippen molar-refractivity contribution in [2.75, 3.05) is 0 Å². The van der Waals surface area contributed by atoms with Gasteiger partial charge in [0.15, 0.2) is 11.3 Å². The Hall–Kier alpha value is -2.76. The molecular weight excluding hydrogens is 350 g/mol. The Morgan fingerprint density at radius 3 is 2.50 bits per heavy atom. The average Bonchev–Trinajstić information content (AvgIpc) is 3.06. The molecule has 1 saturated carbocycles. The van der Waals surface area contributed by atoms with Crippen LogP contribution in [-0.4, -0.2) is 24.1 Å². The Kier molecular flexibility index (Phi) is 4.14. The fourth-order valence-electron chi connectivity index (χ4n) is 4.47. The van der Waals surface area contributed by atoms with Gasteiger partial charge in [0, 0.05) is 12.1 Å². The smallest absolute Gasteiger partial charge is 0.265 e. The molecular formula is C22H25N5O. The number of aromatic nitrogens is 5. The predicted octanol–water partition coefficient (Wildman–Crippen LogP) is 4.77. The van der Waals surface area contributed by atoms with E-state index in [1.807, 2.05) is 24.3 Å². The highest BCUT2D eigenvalue weighted by atomic mass is 16.1. The number of rotatable bonds is 3. The van der Waals surface area contributed by atoms with Crippen molar-refractivity contribution in [3.8, 4) is 0 Å². The minimum absolute atomic E-state index is 0.0107. The third-order valence-electron chi connectivity index (χ3n) is 6.23. The maximum Gasteiger partial charge on any atom is 0.265 e. The summed E-state index contributed by atoms with van der Waals surface area (Å²) in [6, 6.07) is 8.30. The fourth-order valence-corrected chi connectivity index (χ4v) is 4.47. The van der Waals surface area contributed by atoms with E-state index >= 15 is 0 Å². The molecule has 0 aliphatic heterocycles. The minimum atomic E-state index is -0.0107. The van der Waals surface area contributed by atoms with Crippen molar-refractivity contribution in [1.82, 2.24) is 24.1 Å². The van der Waals surface area contributed by atoms with Crippen LogP contribution in [0.5, 0.6) is 0 Å². The van der Waals surface area contributed by atoms with Gasteiger partial charge in [0.05, 0.1) is 11.0 Å². The molecule has 3 aromatic heterocycles. The fraction of sp³-hybridized carbons (Fsp3) is 0.455. The molecule has 144 valence electrons. The molecule has 0 N–H and O–H groups in total. The molecule has 0 spiro atoms. The van der Waals surface area contributed by atoms with Gasteiger partial charge in [-0.05, 0) is 38.3 Å². The molecule has 1 unspecified atom stereocenters. The number of para-hydroxylation sites is 2. The minimum Gasteiger partial charge on any atom is -0.305 e. The largest absolute Gasteiger partial charge is 0.305 e. The van der Waals surface area contributed by atoms with Gasteiger partial charge in [-0.1, -0.05) is 38.3 Å². The summed E-state index contributed by atoms with van der Waals surface area (Å²) >= 11 is 0. The van der Waals surface area contributed by atoms with Crippen molar-refractivity contribution in [3.05, 3.63) is 40.9 Å². The van der Waals surface area contributed by atoms with Gasteiger partial charge in [-0.15, -0.1) is 0 Å². The number of fused-ring (bicyclic) bond motifs is 4. The van der Waals surface area contributed by atoms with E-state index in [4.69, 9.17) is 15.0 Å². The second-order valence-electron chi connectivity index (χ2n) is 7.96. The number of hydrogen-bond donors (Lipinski definition) is 0. The first kappa shape index (κ1) is 17.3. The Bertz CT molecular complexity index is 1230. The van der Waals surface area contributed by atoms with E-state index in [1.54, 1.807) is 10.9 Å². The third-order valence-corrected chi connectivity index (χ3v) is 6.23. The van der Waals surface area contributed by atoms with Crippen LogP contribution < -0.4 is 5.56 Å². The normalized spacial score (nSPS) is 16.9.